The lowest BCUT2D eigenvalue weighted by Crippen LogP contribution is -2.03. The Labute approximate surface area is 126 Å². The molecule has 2 aromatic rings. The van der Waals surface area contributed by atoms with Crippen molar-refractivity contribution in [2.45, 2.75) is 38.9 Å². The standard InChI is InChI=1S/C17H24N2S/c1-3-5-8-11-20-13-15-12-14-9-6-7-10-16(14)19-17(15)18-4-2/h6-7,9-10,12H,3-5,8,11,13H2,1-2H3,(H,18,19). The van der Waals surface area contributed by atoms with E-state index in [0.29, 0.717) is 0 Å². The van der Waals surface area contributed by atoms with Crippen LogP contribution in [-0.4, -0.2) is 17.3 Å². The second kappa shape index (κ2) is 8.15. The van der Waals surface area contributed by atoms with E-state index in [4.69, 9.17) is 4.98 Å². The molecule has 0 spiro atoms. The highest BCUT2D eigenvalue weighted by atomic mass is 32.2. The van der Waals surface area contributed by atoms with E-state index in [-0.39, 0.29) is 0 Å². The van der Waals surface area contributed by atoms with Crippen molar-refractivity contribution in [2.24, 2.45) is 0 Å². The quantitative estimate of drug-likeness (QED) is 0.685. The van der Waals surface area contributed by atoms with Crippen LogP contribution in [0.1, 0.15) is 38.7 Å². The Balaban J connectivity index is 2.10. The van der Waals surface area contributed by atoms with Crippen LogP contribution in [0.3, 0.4) is 0 Å². The minimum Gasteiger partial charge on any atom is -0.370 e. The van der Waals surface area contributed by atoms with Gasteiger partial charge in [-0.25, -0.2) is 4.98 Å². The van der Waals surface area contributed by atoms with E-state index in [1.165, 1.54) is 36.0 Å². The number of nitrogens with one attached hydrogen (secondary N) is 1. The van der Waals surface area contributed by atoms with Crippen LogP contribution in [0.15, 0.2) is 30.3 Å². The number of nitrogens with zero attached hydrogens (tertiary/aromatic N) is 1. The Morgan fingerprint density at radius 2 is 2.00 bits per heavy atom. The lowest BCUT2D eigenvalue weighted by molar-refractivity contribution is 0.778. The van der Waals surface area contributed by atoms with Gasteiger partial charge in [-0.2, -0.15) is 11.8 Å². The molecule has 1 aromatic carbocycles. The summed E-state index contributed by atoms with van der Waals surface area (Å²) in [5, 5.41) is 4.63. The SMILES string of the molecule is CCCCCSCc1cc2ccccc2nc1NCC. The van der Waals surface area contributed by atoms with Crippen LogP contribution in [0.4, 0.5) is 5.82 Å². The molecular weight excluding hydrogens is 264 g/mol. The van der Waals surface area contributed by atoms with Gasteiger partial charge in [-0.1, -0.05) is 38.0 Å². The van der Waals surface area contributed by atoms with Crippen molar-refractivity contribution in [3.63, 3.8) is 0 Å². The maximum Gasteiger partial charge on any atom is 0.130 e. The predicted molar refractivity (Wildman–Crippen MR) is 91.6 cm³/mol. The maximum absolute atomic E-state index is 4.76. The zero-order valence-electron chi connectivity index (χ0n) is 12.5. The normalized spacial score (nSPS) is 10.9. The van der Waals surface area contributed by atoms with Crippen LogP contribution in [0.2, 0.25) is 0 Å². The van der Waals surface area contributed by atoms with E-state index < -0.39 is 0 Å². The first kappa shape index (κ1) is 15.2. The Morgan fingerprint density at radius 3 is 2.80 bits per heavy atom. The summed E-state index contributed by atoms with van der Waals surface area (Å²) in [6, 6.07) is 10.6. The molecule has 1 heterocycles. The van der Waals surface area contributed by atoms with Gasteiger partial charge in [-0.05, 0) is 31.2 Å². The third-order valence-electron chi connectivity index (χ3n) is 3.30. The molecule has 20 heavy (non-hydrogen) atoms. The first-order chi connectivity index (χ1) is 9.85. The second-order valence-corrected chi connectivity index (χ2v) is 6.08. The number of hydrogen-bond donors (Lipinski definition) is 1. The van der Waals surface area contributed by atoms with Crippen LogP contribution in [-0.2, 0) is 5.75 Å². The van der Waals surface area contributed by atoms with E-state index in [9.17, 15) is 0 Å². The van der Waals surface area contributed by atoms with Gasteiger partial charge in [0.2, 0.25) is 0 Å². The molecule has 0 fully saturated rings. The monoisotopic (exact) mass is 288 g/mol. The molecule has 0 saturated heterocycles. The van der Waals surface area contributed by atoms with Crippen molar-refractivity contribution in [1.82, 2.24) is 4.98 Å². The molecule has 1 aromatic heterocycles. The third-order valence-corrected chi connectivity index (χ3v) is 4.39. The molecule has 2 nitrogen and oxygen atoms in total. The number of rotatable bonds is 8. The van der Waals surface area contributed by atoms with Gasteiger partial charge in [0.25, 0.3) is 0 Å². The number of fused-ring (bicyclic) bond motifs is 1. The van der Waals surface area contributed by atoms with Gasteiger partial charge in [0.15, 0.2) is 0 Å². The Bertz CT molecular complexity index is 540. The van der Waals surface area contributed by atoms with Gasteiger partial charge in [-0.3, -0.25) is 0 Å². The summed E-state index contributed by atoms with van der Waals surface area (Å²) in [5.41, 5.74) is 2.40. The Morgan fingerprint density at radius 1 is 1.15 bits per heavy atom. The minimum atomic E-state index is 0.916. The van der Waals surface area contributed by atoms with Gasteiger partial charge in [0.1, 0.15) is 5.82 Å². The molecule has 0 saturated carbocycles. The smallest absolute Gasteiger partial charge is 0.130 e. The van der Waals surface area contributed by atoms with Crippen molar-refractivity contribution in [1.29, 1.82) is 0 Å². The highest BCUT2D eigenvalue weighted by molar-refractivity contribution is 7.98. The van der Waals surface area contributed by atoms with Crippen LogP contribution in [0.5, 0.6) is 0 Å². The van der Waals surface area contributed by atoms with E-state index in [1.807, 2.05) is 17.8 Å². The van der Waals surface area contributed by atoms with Gasteiger partial charge >= 0.3 is 0 Å². The summed E-state index contributed by atoms with van der Waals surface area (Å²) in [5.74, 6) is 3.34. The van der Waals surface area contributed by atoms with Crippen molar-refractivity contribution in [2.75, 3.05) is 17.6 Å². The summed E-state index contributed by atoms with van der Waals surface area (Å²) in [6.45, 7) is 5.29. The van der Waals surface area contributed by atoms with Crippen LogP contribution >= 0.6 is 11.8 Å². The van der Waals surface area contributed by atoms with Crippen molar-refractivity contribution in [3.8, 4) is 0 Å². The van der Waals surface area contributed by atoms with Crippen LogP contribution in [0.25, 0.3) is 10.9 Å². The first-order valence-electron chi connectivity index (χ1n) is 7.55. The Hall–Kier alpha value is -1.22. The molecule has 0 aliphatic carbocycles. The third kappa shape index (κ3) is 4.14. The zero-order chi connectivity index (χ0) is 14.2. The molecular formula is C17H24N2S. The largest absolute Gasteiger partial charge is 0.370 e. The fourth-order valence-corrected chi connectivity index (χ4v) is 3.22. The molecule has 3 heteroatoms. The number of para-hydroxylation sites is 1. The van der Waals surface area contributed by atoms with Gasteiger partial charge in [0, 0.05) is 23.2 Å². The van der Waals surface area contributed by atoms with Gasteiger partial charge in [-0.15, -0.1) is 0 Å². The molecule has 0 amide bonds. The number of aromatic nitrogens is 1. The molecule has 0 atom stereocenters. The zero-order valence-corrected chi connectivity index (χ0v) is 13.3. The molecule has 0 aliphatic heterocycles. The number of pyridine rings is 1. The molecule has 0 radical (unpaired) electrons. The number of thioether (sulfide) groups is 1. The van der Waals surface area contributed by atoms with Crippen molar-refractivity contribution in [3.05, 3.63) is 35.9 Å². The lowest BCUT2D eigenvalue weighted by atomic mass is 10.1. The minimum absolute atomic E-state index is 0.916. The number of anilines is 1. The average Bonchev–Trinajstić information content (AvgIpc) is 2.47. The molecule has 2 rings (SSSR count). The van der Waals surface area contributed by atoms with Crippen LogP contribution in [0, 0.1) is 0 Å². The second-order valence-electron chi connectivity index (χ2n) is 4.98. The molecule has 0 unspecified atom stereocenters. The fraction of sp³-hybridized carbons (Fsp3) is 0.471. The number of hydrogen-bond acceptors (Lipinski definition) is 3. The van der Waals surface area contributed by atoms with Gasteiger partial charge < -0.3 is 5.32 Å². The Kier molecular flexibility index (Phi) is 6.19. The highest BCUT2D eigenvalue weighted by Crippen LogP contribution is 2.24. The van der Waals surface area contributed by atoms with E-state index in [1.54, 1.807) is 0 Å². The number of unbranched alkanes of at least 4 members (excludes halogenated alkanes) is 2. The summed E-state index contributed by atoms with van der Waals surface area (Å²) in [7, 11) is 0. The molecule has 1 N–H and O–H groups in total. The van der Waals surface area contributed by atoms with E-state index >= 15 is 0 Å². The summed E-state index contributed by atoms with van der Waals surface area (Å²) < 4.78 is 0. The molecule has 108 valence electrons. The summed E-state index contributed by atoms with van der Waals surface area (Å²) >= 11 is 2.01. The average molecular weight is 288 g/mol. The van der Waals surface area contributed by atoms with Gasteiger partial charge in [0.05, 0.1) is 5.52 Å². The van der Waals surface area contributed by atoms with Crippen molar-refractivity contribution < 1.29 is 0 Å². The highest BCUT2D eigenvalue weighted by Gasteiger charge is 2.06. The molecule has 0 aliphatic rings. The maximum atomic E-state index is 4.76. The topological polar surface area (TPSA) is 24.9 Å². The van der Waals surface area contributed by atoms with E-state index in [2.05, 4.69) is 43.4 Å². The number of benzene rings is 1. The van der Waals surface area contributed by atoms with Crippen molar-refractivity contribution >= 4 is 28.5 Å². The fourth-order valence-electron chi connectivity index (χ4n) is 2.23. The summed E-state index contributed by atoms with van der Waals surface area (Å²) in [4.78, 5) is 4.76. The predicted octanol–water partition coefficient (Wildman–Crippen LogP) is 5.09. The lowest BCUT2D eigenvalue weighted by Gasteiger charge is -2.11. The first-order valence-corrected chi connectivity index (χ1v) is 8.71. The van der Waals surface area contributed by atoms with Crippen LogP contribution < -0.4 is 5.32 Å². The molecule has 0 bridgehead atoms. The summed E-state index contributed by atoms with van der Waals surface area (Å²) in [6.07, 6.45) is 3.95. The van der Waals surface area contributed by atoms with E-state index in [0.717, 1.165) is 23.6 Å².